The molecule has 0 bridgehead atoms. The molecule has 0 saturated heterocycles. The Balaban J connectivity index is 0.00000256. The van der Waals surface area contributed by atoms with Crippen molar-refractivity contribution in [3.63, 3.8) is 0 Å². The van der Waals surface area contributed by atoms with Crippen LogP contribution in [0.5, 0.6) is 5.75 Å². The normalized spacial score (nSPS) is 12.1. The molecule has 0 aliphatic carbocycles. The Morgan fingerprint density at radius 3 is 2.65 bits per heavy atom. The number of hydrogen-bond donors (Lipinski definition) is 2. The summed E-state index contributed by atoms with van der Waals surface area (Å²) >= 11 is 0. The Kier molecular flexibility index (Phi) is 7.96. The lowest BCUT2D eigenvalue weighted by Gasteiger charge is -2.15. The van der Waals surface area contributed by atoms with Crippen LogP contribution in [0.15, 0.2) is 24.3 Å². The van der Waals surface area contributed by atoms with Gasteiger partial charge >= 0.3 is 0 Å². The maximum atomic E-state index is 9.64. The number of halogens is 1. The van der Waals surface area contributed by atoms with E-state index in [1.54, 1.807) is 0 Å². The van der Waals surface area contributed by atoms with Crippen LogP contribution < -0.4 is 10.1 Å². The van der Waals surface area contributed by atoms with Crippen molar-refractivity contribution in [2.45, 2.75) is 32.9 Å². The fourth-order valence-corrected chi connectivity index (χ4v) is 1.33. The molecule has 3 nitrogen and oxygen atoms in total. The third-order valence-corrected chi connectivity index (χ3v) is 2.19. The molecule has 0 aromatic heterocycles. The second-order valence-electron chi connectivity index (χ2n) is 4.34. The number of aliphatic hydroxyl groups excluding tert-OH is 1. The highest BCUT2D eigenvalue weighted by atomic mass is 35.5. The van der Waals surface area contributed by atoms with Crippen LogP contribution in [-0.4, -0.2) is 30.4 Å². The van der Waals surface area contributed by atoms with Crippen LogP contribution in [0.1, 0.15) is 19.4 Å². The smallest absolute Gasteiger partial charge is 0.119 e. The summed E-state index contributed by atoms with van der Waals surface area (Å²) in [4.78, 5) is 0. The molecule has 1 atom stereocenters. The van der Waals surface area contributed by atoms with Gasteiger partial charge in [0.2, 0.25) is 0 Å². The van der Waals surface area contributed by atoms with Gasteiger partial charge in [-0.05, 0) is 24.6 Å². The van der Waals surface area contributed by atoms with Crippen LogP contribution >= 0.6 is 12.4 Å². The fourth-order valence-electron chi connectivity index (χ4n) is 1.33. The molecule has 0 aliphatic rings. The van der Waals surface area contributed by atoms with E-state index in [0.29, 0.717) is 19.2 Å². The van der Waals surface area contributed by atoms with E-state index in [4.69, 9.17) is 4.74 Å². The van der Waals surface area contributed by atoms with E-state index < -0.39 is 6.10 Å². The van der Waals surface area contributed by atoms with Crippen LogP contribution in [0.3, 0.4) is 0 Å². The van der Waals surface area contributed by atoms with Crippen molar-refractivity contribution in [1.82, 2.24) is 5.32 Å². The molecule has 0 amide bonds. The van der Waals surface area contributed by atoms with Crippen LogP contribution in [0.4, 0.5) is 0 Å². The summed E-state index contributed by atoms with van der Waals surface area (Å²) in [5, 5.41) is 12.8. The number of rotatable bonds is 6. The molecule has 4 heteroatoms. The van der Waals surface area contributed by atoms with Crippen molar-refractivity contribution in [2.75, 3.05) is 13.2 Å². The Bertz CT molecular complexity index is 318. The SMILES string of the molecule is Cc1cccc(OCC(O)CNC(C)C)c1.Cl. The molecular weight excluding hydrogens is 238 g/mol. The van der Waals surface area contributed by atoms with Crippen LogP contribution in [0.25, 0.3) is 0 Å². The van der Waals surface area contributed by atoms with Crippen molar-refractivity contribution in [3.8, 4) is 5.75 Å². The van der Waals surface area contributed by atoms with Gasteiger partial charge in [0, 0.05) is 12.6 Å². The number of hydrogen-bond acceptors (Lipinski definition) is 3. The molecule has 0 radical (unpaired) electrons. The standard InChI is InChI=1S/C13H21NO2.ClH/c1-10(2)14-8-12(15)9-16-13-6-4-5-11(3)7-13;/h4-7,10,12,14-15H,8-9H2,1-3H3;1H. The molecule has 0 spiro atoms. The van der Waals surface area contributed by atoms with Gasteiger partial charge in [-0.25, -0.2) is 0 Å². The molecule has 2 N–H and O–H groups in total. The average molecular weight is 260 g/mol. The summed E-state index contributed by atoms with van der Waals surface area (Å²) in [6.45, 7) is 7.00. The van der Waals surface area contributed by atoms with E-state index in [-0.39, 0.29) is 12.4 Å². The first kappa shape index (κ1) is 16.2. The Hall–Kier alpha value is -0.770. The van der Waals surface area contributed by atoms with Gasteiger partial charge < -0.3 is 15.2 Å². The summed E-state index contributed by atoms with van der Waals surface area (Å²) in [7, 11) is 0. The lowest BCUT2D eigenvalue weighted by molar-refractivity contribution is 0.104. The maximum absolute atomic E-state index is 9.64. The molecule has 0 heterocycles. The highest BCUT2D eigenvalue weighted by Gasteiger charge is 2.05. The van der Waals surface area contributed by atoms with E-state index in [0.717, 1.165) is 11.3 Å². The zero-order valence-electron chi connectivity index (χ0n) is 10.6. The molecule has 0 aliphatic heterocycles. The highest BCUT2D eigenvalue weighted by Crippen LogP contribution is 2.12. The quantitative estimate of drug-likeness (QED) is 0.823. The third kappa shape index (κ3) is 7.21. The van der Waals surface area contributed by atoms with Gasteiger partial charge in [-0.15, -0.1) is 12.4 Å². The fraction of sp³-hybridized carbons (Fsp3) is 0.538. The first-order valence-corrected chi connectivity index (χ1v) is 5.69. The third-order valence-electron chi connectivity index (χ3n) is 2.19. The Morgan fingerprint density at radius 1 is 1.35 bits per heavy atom. The lowest BCUT2D eigenvalue weighted by atomic mass is 10.2. The Morgan fingerprint density at radius 2 is 2.06 bits per heavy atom. The first-order valence-electron chi connectivity index (χ1n) is 5.69. The minimum Gasteiger partial charge on any atom is -0.491 e. The second-order valence-corrected chi connectivity index (χ2v) is 4.34. The summed E-state index contributed by atoms with van der Waals surface area (Å²) in [6, 6.07) is 8.21. The van der Waals surface area contributed by atoms with Crippen molar-refractivity contribution in [2.24, 2.45) is 0 Å². The van der Waals surface area contributed by atoms with Crippen LogP contribution in [0, 0.1) is 6.92 Å². The van der Waals surface area contributed by atoms with Gasteiger partial charge in [0.1, 0.15) is 18.5 Å². The number of aliphatic hydroxyl groups is 1. The minimum absolute atomic E-state index is 0. The maximum Gasteiger partial charge on any atom is 0.119 e. The zero-order chi connectivity index (χ0) is 12.0. The van der Waals surface area contributed by atoms with E-state index in [2.05, 4.69) is 5.32 Å². The number of benzene rings is 1. The van der Waals surface area contributed by atoms with Gasteiger partial charge in [0.25, 0.3) is 0 Å². The molecule has 0 fully saturated rings. The molecule has 1 aromatic carbocycles. The average Bonchev–Trinajstić information content (AvgIpc) is 2.23. The van der Waals surface area contributed by atoms with Crippen LogP contribution in [-0.2, 0) is 0 Å². The molecule has 1 rings (SSSR count). The van der Waals surface area contributed by atoms with Crippen molar-refractivity contribution < 1.29 is 9.84 Å². The Labute approximate surface area is 110 Å². The van der Waals surface area contributed by atoms with Gasteiger partial charge in [-0.2, -0.15) is 0 Å². The summed E-state index contributed by atoms with van der Waals surface area (Å²) in [5.74, 6) is 0.809. The van der Waals surface area contributed by atoms with Crippen molar-refractivity contribution in [3.05, 3.63) is 29.8 Å². The lowest BCUT2D eigenvalue weighted by Crippen LogP contribution is -2.35. The molecule has 1 unspecified atom stereocenters. The molecule has 17 heavy (non-hydrogen) atoms. The van der Waals surface area contributed by atoms with E-state index in [1.807, 2.05) is 45.0 Å². The topological polar surface area (TPSA) is 41.5 Å². The number of ether oxygens (including phenoxy) is 1. The number of aryl methyl sites for hydroxylation is 1. The van der Waals surface area contributed by atoms with Crippen molar-refractivity contribution in [1.29, 1.82) is 0 Å². The number of nitrogens with one attached hydrogen (secondary N) is 1. The highest BCUT2D eigenvalue weighted by molar-refractivity contribution is 5.85. The van der Waals surface area contributed by atoms with E-state index >= 15 is 0 Å². The summed E-state index contributed by atoms with van der Waals surface area (Å²) in [6.07, 6.45) is -0.470. The van der Waals surface area contributed by atoms with Gasteiger partial charge in [0.05, 0.1) is 0 Å². The molecule has 0 saturated carbocycles. The predicted molar refractivity (Wildman–Crippen MR) is 73.1 cm³/mol. The molecule has 1 aromatic rings. The van der Waals surface area contributed by atoms with Gasteiger partial charge in [0.15, 0.2) is 0 Å². The molecule has 98 valence electrons. The zero-order valence-corrected chi connectivity index (χ0v) is 11.5. The van der Waals surface area contributed by atoms with Crippen molar-refractivity contribution >= 4 is 12.4 Å². The summed E-state index contributed by atoms with van der Waals surface area (Å²) < 4.78 is 5.49. The summed E-state index contributed by atoms with van der Waals surface area (Å²) in [5.41, 5.74) is 1.16. The van der Waals surface area contributed by atoms with Crippen LogP contribution in [0.2, 0.25) is 0 Å². The minimum atomic E-state index is -0.470. The predicted octanol–water partition coefficient (Wildman–Crippen LogP) is 2.15. The first-order chi connectivity index (χ1) is 7.58. The monoisotopic (exact) mass is 259 g/mol. The van der Waals surface area contributed by atoms with E-state index in [1.165, 1.54) is 0 Å². The second kappa shape index (κ2) is 8.34. The largest absolute Gasteiger partial charge is 0.491 e. The molecular formula is C13H22ClNO2. The van der Waals surface area contributed by atoms with E-state index in [9.17, 15) is 5.11 Å². The van der Waals surface area contributed by atoms with Gasteiger partial charge in [-0.1, -0.05) is 26.0 Å². The van der Waals surface area contributed by atoms with Gasteiger partial charge in [-0.3, -0.25) is 0 Å².